The number of carbonyl (C=O) groups excluding carboxylic acids is 1. The average molecular weight is 275 g/mol. The van der Waals surface area contributed by atoms with Gasteiger partial charge in [-0.2, -0.15) is 0 Å². The van der Waals surface area contributed by atoms with Gasteiger partial charge >= 0.3 is 0 Å². The zero-order chi connectivity index (χ0) is 14.7. The molecule has 1 fully saturated rings. The number of amides is 1. The van der Waals surface area contributed by atoms with E-state index >= 15 is 0 Å². The van der Waals surface area contributed by atoms with E-state index in [2.05, 4.69) is 30.1 Å². The Bertz CT molecular complexity index is 477. The molecule has 1 amide bonds. The Morgan fingerprint density at radius 3 is 2.80 bits per heavy atom. The molecule has 2 unspecified atom stereocenters. The van der Waals surface area contributed by atoms with E-state index in [4.69, 9.17) is 5.73 Å². The van der Waals surface area contributed by atoms with Gasteiger partial charge in [-0.25, -0.2) is 0 Å². The minimum absolute atomic E-state index is 0.0400. The molecular weight excluding hydrogens is 250 g/mol. The van der Waals surface area contributed by atoms with Crippen LogP contribution in [0.15, 0.2) is 18.2 Å². The van der Waals surface area contributed by atoms with Gasteiger partial charge in [0, 0.05) is 24.8 Å². The van der Waals surface area contributed by atoms with E-state index in [0.29, 0.717) is 12.5 Å². The molecule has 3 N–H and O–H groups in total. The molecule has 2 atom stereocenters. The predicted octanol–water partition coefficient (Wildman–Crippen LogP) is 1.91. The first-order valence-corrected chi connectivity index (χ1v) is 7.29. The van der Waals surface area contributed by atoms with Crippen molar-refractivity contribution in [3.63, 3.8) is 0 Å². The third kappa shape index (κ3) is 4.05. The molecule has 0 aromatic heterocycles. The minimum atomic E-state index is 0.0400. The van der Waals surface area contributed by atoms with Crippen LogP contribution < -0.4 is 11.1 Å². The fourth-order valence-electron chi connectivity index (χ4n) is 2.99. The molecule has 1 aromatic rings. The molecule has 1 saturated heterocycles. The number of carbonyl (C=O) groups is 1. The highest BCUT2D eigenvalue weighted by molar-refractivity contribution is 5.93. The first kappa shape index (κ1) is 15.0. The first-order valence-electron chi connectivity index (χ1n) is 7.29. The lowest BCUT2D eigenvalue weighted by Gasteiger charge is -2.34. The topological polar surface area (TPSA) is 58.4 Å². The van der Waals surface area contributed by atoms with E-state index in [1.54, 1.807) is 0 Å². The lowest BCUT2D eigenvalue weighted by Crippen LogP contribution is -2.48. The van der Waals surface area contributed by atoms with Crippen LogP contribution in [0.2, 0.25) is 0 Å². The molecular formula is C16H25N3O. The molecule has 4 heteroatoms. The number of nitrogens with zero attached hydrogens (tertiary/aromatic N) is 1. The second-order valence-corrected chi connectivity index (χ2v) is 6.16. The normalized spacial score (nSPS) is 23.6. The van der Waals surface area contributed by atoms with Crippen LogP contribution in [0.4, 0.5) is 5.69 Å². The number of piperidine rings is 1. The smallest absolute Gasteiger partial charge is 0.238 e. The number of aryl methyl sites for hydroxylation is 2. The van der Waals surface area contributed by atoms with Gasteiger partial charge in [0.1, 0.15) is 0 Å². The van der Waals surface area contributed by atoms with Crippen LogP contribution in [0.5, 0.6) is 0 Å². The van der Waals surface area contributed by atoms with Crippen molar-refractivity contribution in [2.45, 2.75) is 33.2 Å². The lowest BCUT2D eigenvalue weighted by atomic mass is 9.97. The number of likely N-dealkylation sites (tertiary alicyclic amines) is 1. The maximum absolute atomic E-state index is 12.1. The molecule has 110 valence electrons. The second-order valence-electron chi connectivity index (χ2n) is 6.16. The van der Waals surface area contributed by atoms with Crippen molar-refractivity contribution in [1.82, 2.24) is 4.90 Å². The highest BCUT2D eigenvalue weighted by Gasteiger charge is 2.23. The molecule has 0 radical (unpaired) electrons. The zero-order valence-electron chi connectivity index (χ0n) is 12.6. The van der Waals surface area contributed by atoms with Crippen LogP contribution >= 0.6 is 0 Å². The SMILES string of the molecule is Cc1ccc(NC(=O)CN2CC(C)CC(N)C2)c(C)c1. The van der Waals surface area contributed by atoms with Gasteiger partial charge in [0.05, 0.1) is 6.54 Å². The van der Waals surface area contributed by atoms with E-state index in [0.717, 1.165) is 30.8 Å². The van der Waals surface area contributed by atoms with Crippen LogP contribution in [0, 0.1) is 19.8 Å². The predicted molar refractivity (Wildman–Crippen MR) is 82.7 cm³/mol. The van der Waals surface area contributed by atoms with Gasteiger partial charge in [0.25, 0.3) is 0 Å². The highest BCUT2D eigenvalue weighted by atomic mass is 16.2. The summed E-state index contributed by atoms with van der Waals surface area (Å²) in [5.41, 5.74) is 9.21. The third-order valence-electron chi connectivity index (χ3n) is 3.79. The van der Waals surface area contributed by atoms with Crippen LogP contribution in [-0.4, -0.2) is 36.5 Å². The largest absolute Gasteiger partial charge is 0.327 e. The average Bonchev–Trinajstić information content (AvgIpc) is 2.31. The molecule has 1 heterocycles. The Labute approximate surface area is 121 Å². The van der Waals surface area contributed by atoms with Gasteiger partial charge in [-0.3, -0.25) is 9.69 Å². The molecule has 2 rings (SSSR count). The minimum Gasteiger partial charge on any atom is -0.327 e. The third-order valence-corrected chi connectivity index (χ3v) is 3.79. The van der Waals surface area contributed by atoms with E-state index in [9.17, 15) is 4.79 Å². The van der Waals surface area contributed by atoms with Gasteiger partial charge in [-0.15, -0.1) is 0 Å². The van der Waals surface area contributed by atoms with Crippen molar-refractivity contribution in [1.29, 1.82) is 0 Å². The molecule has 20 heavy (non-hydrogen) atoms. The molecule has 0 spiro atoms. The van der Waals surface area contributed by atoms with Crippen LogP contribution in [0.25, 0.3) is 0 Å². The van der Waals surface area contributed by atoms with Crippen LogP contribution in [0.1, 0.15) is 24.5 Å². The van der Waals surface area contributed by atoms with Crippen molar-refractivity contribution in [2.75, 3.05) is 25.0 Å². The Kier molecular flexibility index (Phi) is 4.78. The molecule has 0 aliphatic carbocycles. The summed E-state index contributed by atoms with van der Waals surface area (Å²) in [4.78, 5) is 14.3. The van der Waals surface area contributed by atoms with Gasteiger partial charge in [0.2, 0.25) is 5.91 Å². The Balaban J connectivity index is 1.92. The summed E-state index contributed by atoms with van der Waals surface area (Å²) in [5.74, 6) is 0.603. The van der Waals surface area contributed by atoms with Crippen molar-refractivity contribution in [2.24, 2.45) is 11.7 Å². The molecule has 0 saturated carbocycles. The molecule has 4 nitrogen and oxygen atoms in total. The summed E-state index contributed by atoms with van der Waals surface area (Å²) < 4.78 is 0. The van der Waals surface area contributed by atoms with E-state index in [1.807, 2.05) is 19.1 Å². The molecule has 1 aromatic carbocycles. The maximum Gasteiger partial charge on any atom is 0.238 e. The summed E-state index contributed by atoms with van der Waals surface area (Å²) in [6.07, 6.45) is 1.05. The molecule has 1 aliphatic heterocycles. The first-order chi connectivity index (χ1) is 9.44. The van der Waals surface area contributed by atoms with Crippen LogP contribution in [0.3, 0.4) is 0 Å². The van der Waals surface area contributed by atoms with Gasteiger partial charge < -0.3 is 11.1 Å². The standard InChI is InChI=1S/C16H25N3O/c1-11-4-5-15(13(3)6-11)18-16(20)10-19-8-12(2)7-14(17)9-19/h4-6,12,14H,7-10,17H2,1-3H3,(H,18,20). The van der Waals surface area contributed by atoms with Gasteiger partial charge in [-0.1, -0.05) is 24.6 Å². The second kappa shape index (κ2) is 6.37. The number of hydrogen-bond acceptors (Lipinski definition) is 3. The van der Waals surface area contributed by atoms with Crippen molar-refractivity contribution >= 4 is 11.6 Å². The maximum atomic E-state index is 12.1. The fourth-order valence-corrected chi connectivity index (χ4v) is 2.99. The summed E-state index contributed by atoms with van der Waals surface area (Å²) in [6.45, 7) is 8.44. The molecule has 0 bridgehead atoms. The van der Waals surface area contributed by atoms with Crippen molar-refractivity contribution in [3.8, 4) is 0 Å². The van der Waals surface area contributed by atoms with Gasteiger partial charge in [0.15, 0.2) is 0 Å². The fraction of sp³-hybridized carbons (Fsp3) is 0.562. The van der Waals surface area contributed by atoms with E-state index < -0.39 is 0 Å². The number of nitrogens with one attached hydrogen (secondary N) is 1. The lowest BCUT2D eigenvalue weighted by molar-refractivity contribution is -0.117. The number of anilines is 1. The highest BCUT2D eigenvalue weighted by Crippen LogP contribution is 2.17. The Hall–Kier alpha value is -1.39. The van der Waals surface area contributed by atoms with E-state index in [1.165, 1.54) is 5.56 Å². The summed E-state index contributed by atoms with van der Waals surface area (Å²) in [5, 5.41) is 2.99. The number of nitrogens with two attached hydrogens (primary N) is 1. The Morgan fingerprint density at radius 1 is 1.40 bits per heavy atom. The summed E-state index contributed by atoms with van der Waals surface area (Å²) >= 11 is 0. The summed E-state index contributed by atoms with van der Waals surface area (Å²) in [7, 11) is 0. The van der Waals surface area contributed by atoms with Crippen molar-refractivity contribution < 1.29 is 4.79 Å². The summed E-state index contributed by atoms with van der Waals surface area (Å²) in [6, 6.07) is 6.25. The zero-order valence-corrected chi connectivity index (χ0v) is 12.6. The number of benzene rings is 1. The quantitative estimate of drug-likeness (QED) is 0.886. The van der Waals surface area contributed by atoms with E-state index in [-0.39, 0.29) is 11.9 Å². The monoisotopic (exact) mass is 275 g/mol. The van der Waals surface area contributed by atoms with Crippen molar-refractivity contribution in [3.05, 3.63) is 29.3 Å². The Morgan fingerprint density at radius 2 is 2.15 bits per heavy atom. The number of rotatable bonds is 3. The van der Waals surface area contributed by atoms with Crippen LogP contribution in [-0.2, 0) is 4.79 Å². The molecule has 1 aliphatic rings. The van der Waals surface area contributed by atoms with Gasteiger partial charge in [-0.05, 0) is 37.8 Å². The number of hydrogen-bond donors (Lipinski definition) is 2.